The van der Waals surface area contributed by atoms with E-state index in [4.69, 9.17) is 4.98 Å². The molecule has 4 nitrogen and oxygen atoms in total. The number of likely N-dealkylation sites (tertiary alicyclic amines) is 1. The molecule has 2 heterocycles. The molecule has 2 unspecified atom stereocenters. The standard InChI is InChI=1S/C23H24N2O2/c1-16-7-5-13-24-21(16)22(25-14-6-10-18(15-25)23(26)27)20-12-4-9-17-8-2-3-11-19(17)20/h2-5,7-9,11-13,18,22H,6,10,14-15H2,1H3,(H,26,27). The molecule has 1 saturated heterocycles. The Balaban J connectivity index is 1.86. The Bertz CT molecular complexity index is 964. The molecule has 0 radical (unpaired) electrons. The number of nitrogens with zero attached hydrogens (tertiary/aromatic N) is 2. The summed E-state index contributed by atoms with van der Waals surface area (Å²) in [7, 11) is 0. The summed E-state index contributed by atoms with van der Waals surface area (Å²) in [4.78, 5) is 18.7. The van der Waals surface area contributed by atoms with Crippen LogP contribution in [0.25, 0.3) is 10.8 Å². The van der Waals surface area contributed by atoms with Gasteiger partial charge >= 0.3 is 5.97 Å². The van der Waals surface area contributed by atoms with Crippen LogP contribution in [0.4, 0.5) is 0 Å². The van der Waals surface area contributed by atoms with E-state index in [0.29, 0.717) is 6.54 Å². The molecule has 0 bridgehead atoms. The van der Waals surface area contributed by atoms with E-state index >= 15 is 0 Å². The van der Waals surface area contributed by atoms with Crippen molar-refractivity contribution in [2.24, 2.45) is 5.92 Å². The summed E-state index contributed by atoms with van der Waals surface area (Å²) in [5.41, 5.74) is 3.34. The third kappa shape index (κ3) is 3.45. The Morgan fingerprint density at radius 1 is 1.15 bits per heavy atom. The number of carboxylic acid groups (broad SMARTS) is 1. The van der Waals surface area contributed by atoms with Crippen molar-refractivity contribution in [2.75, 3.05) is 13.1 Å². The van der Waals surface area contributed by atoms with Gasteiger partial charge < -0.3 is 5.11 Å². The molecule has 0 spiro atoms. The number of carbonyl (C=O) groups is 1. The van der Waals surface area contributed by atoms with Crippen LogP contribution >= 0.6 is 0 Å². The molecule has 1 aliphatic rings. The average molecular weight is 360 g/mol. The molecular weight excluding hydrogens is 336 g/mol. The van der Waals surface area contributed by atoms with E-state index < -0.39 is 5.97 Å². The molecule has 2 aromatic carbocycles. The number of piperidine rings is 1. The second kappa shape index (κ2) is 7.49. The molecule has 2 atom stereocenters. The van der Waals surface area contributed by atoms with Crippen molar-refractivity contribution in [3.8, 4) is 0 Å². The van der Waals surface area contributed by atoms with Crippen LogP contribution < -0.4 is 0 Å². The van der Waals surface area contributed by atoms with Crippen LogP contribution in [0, 0.1) is 12.8 Å². The molecule has 0 aliphatic carbocycles. The fourth-order valence-electron chi connectivity index (χ4n) is 4.23. The minimum Gasteiger partial charge on any atom is -0.481 e. The molecule has 4 rings (SSSR count). The maximum atomic E-state index is 11.6. The maximum absolute atomic E-state index is 11.6. The van der Waals surface area contributed by atoms with Crippen molar-refractivity contribution in [3.05, 3.63) is 77.6 Å². The van der Waals surface area contributed by atoms with Crippen molar-refractivity contribution in [1.29, 1.82) is 0 Å². The van der Waals surface area contributed by atoms with Gasteiger partial charge in [0.15, 0.2) is 0 Å². The highest BCUT2D eigenvalue weighted by Crippen LogP contribution is 2.36. The van der Waals surface area contributed by atoms with Gasteiger partial charge in [-0.05, 0) is 54.3 Å². The van der Waals surface area contributed by atoms with Gasteiger partial charge in [-0.15, -0.1) is 0 Å². The molecule has 1 fully saturated rings. The van der Waals surface area contributed by atoms with E-state index in [2.05, 4.69) is 60.4 Å². The first-order valence-corrected chi connectivity index (χ1v) is 9.51. The molecule has 1 aliphatic heterocycles. The summed E-state index contributed by atoms with van der Waals surface area (Å²) in [6.07, 6.45) is 3.47. The largest absolute Gasteiger partial charge is 0.481 e. The lowest BCUT2D eigenvalue weighted by Gasteiger charge is -2.38. The van der Waals surface area contributed by atoms with Crippen LogP contribution in [0.5, 0.6) is 0 Å². The Hall–Kier alpha value is -2.72. The predicted octanol–water partition coefficient (Wildman–Crippen LogP) is 4.43. The number of fused-ring (bicyclic) bond motifs is 1. The molecule has 0 amide bonds. The average Bonchev–Trinajstić information content (AvgIpc) is 2.70. The maximum Gasteiger partial charge on any atom is 0.307 e. The van der Waals surface area contributed by atoms with E-state index in [1.807, 2.05) is 12.3 Å². The van der Waals surface area contributed by atoms with Crippen LogP contribution in [0.15, 0.2) is 60.8 Å². The fraction of sp³-hybridized carbons (Fsp3) is 0.304. The Morgan fingerprint density at radius 2 is 1.96 bits per heavy atom. The summed E-state index contributed by atoms with van der Waals surface area (Å²) in [6, 6.07) is 18.7. The third-order valence-electron chi connectivity index (χ3n) is 5.59. The second-order valence-corrected chi connectivity index (χ2v) is 7.35. The van der Waals surface area contributed by atoms with Crippen molar-refractivity contribution in [2.45, 2.75) is 25.8 Å². The molecule has 27 heavy (non-hydrogen) atoms. The van der Waals surface area contributed by atoms with Crippen LogP contribution in [-0.4, -0.2) is 34.0 Å². The highest BCUT2D eigenvalue weighted by molar-refractivity contribution is 5.86. The van der Waals surface area contributed by atoms with Crippen LogP contribution in [-0.2, 0) is 4.79 Å². The molecule has 0 saturated carbocycles. The number of carboxylic acids is 1. The summed E-state index contributed by atoms with van der Waals surface area (Å²) in [5.74, 6) is -1.02. The smallest absolute Gasteiger partial charge is 0.307 e. The number of hydrogen-bond acceptors (Lipinski definition) is 3. The minimum absolute atomic E-state index is 0.0422. The third-order valence-corrected chi connectivity index (χ3v) is 5.59. The van der Waals surface area contributed by atoms with Gasteiger partial charge in [0.05, 0.1) is 17.7 Å². The van der Waals surface area contributed by atoms with Crippen molar-refractivity contribution >= 4 is 16.7 Å². The van der Waals surface area contributed by atoms with Gasteiger partial charge in [-0.25, -0.2) is 0 Å². The van der Waals surface area contributed by atoms with E-state index in [9.17, 15) is 9.90 Å². The van der Waals surface area contributed by atoms with Gasteiger partial charge in [0.1, 0.15) is 0 Å². The first-order chi connectivity index (χ1) is 13.1. The summed E-state index contributed by atoms with van der Waals surface area (Å²) < 4.78 is 0. The number of aliphatic carboxylic acids is 1. The van der Waals surface area contributed by atoms with Crippen LogP contribution in [0.2, 0.25) is 0 Å². The monoisotopic (exact) mass is 360 g/mol. The zero-order chi connectivity index (χ0) is 18.8. The van der Waals surface area contributed by atoms with E-state index in [1.165, 1.54) is 16.3 Å². The zero-order valence-corrected chi connectivity index (χ0v) is 15.5. The lowest BCUT2D eigenvalue weighted by Crippen LogP contribution is -2.41. The molecule has 138 valence electrons. The predicted molar refractivity (Wildman–Crippen MR) is 107 cm³/mol. The first kappa shape index (κ1) is 17.7. The number of rotatable bonds is 4. The normalized spacial score (nSPS) is 19.1. The Labute approximate surface area is 159 Å². The quantitative estimate of drug-likeness (QED) is 0.748. The number of hydrogen-bond donors (Lipinski definition) is 1. The summed E-state index contributed by atoms with van der Waals surface area (Å²) in [6.45, 7) is 3.52. The van der Waals surface area contributed by atoms with Gasteiger partial charge in [-0.1, -0.05) is 48.5 Å². The van der Waals surface area contributed by atoms with Crippen molar-refractivity contribution < 1.29 is 9.90 Å². The SMILES string of the molecule is Cc1cccnc1C(c1cccc2ccccc12)N1CCCC(C(=O)O)C1. The van der Waals surface area contributed by atoms with Crippen molar-refractivity contribution in [1.82, 2.24) is 9.88 Å². The van der Waals surface area contributed by atoms with E-state index in [-0.39, 0.29) is 12.0 Å². The van der Waals surface area contributed by atoms with Crippen LogP contribution in [0.3, 0.4) is 0 Å². The van der Waals surface area contributed by atoms with Gasteiger partial charge in [0.25, 0.3) is 0 Å². The molecule has 3 aromatic rings. The molecule has 4 heteroatoms. The minimum atomic E-state index is -0.700. The summed E-state index contributed by atoms with van der Waals surface area (Å²) in [5, 5.41) is 12.0. The van der Waals surface area contributed by atoms with Gasteiger partial charge in [-0.2, -0.15) is 0 Å². The number of pyridine rings is 1. The zero-order valence-electron chi connectivity index (χ0n) is 15.5. The molecular formula is C23H24N2O2. The van der Waals surface area contributed by atoms with Crippen molar-refractivity contribution in [3.63, 3.8) is 0 Å². The van der Waals surface area contributed by atoms with E-state index in [0.717, 1.165) is 30.6 Å². The van der Waals surface area contributed by atoms with Gasteiger partial charge in [0, 0.05) is 12.7 Å². The summed E-state index contributed by atoms with van der Waals surface area (Å²) >= 11 is 0. The van der Waals surface area contributed by atoms with E-state index in [1.54, 1.807) is 0 Å². The fourth-order valence-corrected chi connectivity index (χ4v) is 4.23. The number of benzene rings is 2. The topological polar surface area (TPSA) is 53.4 Å². The number of aromatic nitrogens is 1. The number of aryl methyl sites for hydroxylation is 1. The van der Waals surface area contributed by atoms with Gasteiger partial charge in [0.2, 0.25) is 0 Å². The Kier molecular flexibility index (Phi) is 4.90. The highest BCUT2D eigenvalue weighted by Gasteiger charge is 2.33. The lowest BCUT2D eigenvalue weighted by molar-refractivity contribution is -0.143. The first-order valence-electron chi connectivity index (χ1n) is 9.51. The van der Waals surface area contributed by atoms with Gasteiger partial charge in [-0.3, -0.25) is 14.7 Å². The second-order valence-electron chi connectivity index (χ2n) is 7.35. The van der Waals surface area contributed by atoms with Crippen LogP contribution in [0.1, 0.15) is 35.7 Å². The molecule has 1 N–H and O–H groups in total. The lowest BCUT2D eigenvalue weighted by atomic mass is 9.90. The Morgan fingerprint density at radius 3 is 2.78 bits per heavy atom. The highest BCUT2D eigenvalue weighted by atomic mass is 16.4. The molecule has 1 aromatic heterocycles.